The first-order chi connectivity index (χ1) is 14.2. The second-order valence-corrected chi connectivity index (χ2v) is 8.74. The van der Waals surface area contributed by atoms with E-state index in [9.17, 15) is 4.39 Å². The molecule has 1 fully saturated rings. The van der Waals surface area contributed by atoms with Gasteiger partial charge in [0.15, 0.2) is 0 Å². The summed E-state index contributed by atoms with van der Waals surface area (Å²) in [5, 5.41) is 0.653. The molecule has 29 heavy (non-hydrogen) atoms. The molecule has 0 N–H and O–H groups in total. The first kappa shape index (κ1) is 20.4. The standard InChI is InChI=1S/C24H23ClFNOS/c25-21-11-4-5-12-23(21)29-24(19-9-6-10-20(26)15-19)22-17-27(13-14-28-22)16-18-7-2-1-3-8-18/h1-12,15,22,24H,13-14,16-17H2/t22?,24-/m0/s1. The number of benzene rings is 3. The van der Waals surface area contributed by atoms with Crippen LogP contribution in [0.15, 0.2) is 83.8 Å². The third-order valence-corrected chi connectivity index (χ3v) is 6.91. The minimum absolute atomic E-state index is 0.0517. The van der Waals surface area contributed by atoms with Crippen LogP contribution in [0.2, 0.25) is 5.02 Å². The molecule has 1 saturated heterocycles. The van der Waals surface area contributed by atoms with Gasteiger partial charge in [0.25, 0.3) is 0 Å². The maximum Gasteiger partial charge on any atom is 0.123 e. The molecule has 150 valence electrons. The van der Waals surface area contributed by atoms with E-state index in [1.165, 1.54) is 11.6 Å². The summed E-state index contributed by atoms with van der Waals surface area (Å²) < 4.78 is 20.2. The van der Waals surface area contributed by atoms with Crippen molar-refractivity contribution in [3.63, 3.8) is 0 Å². The molecule has 1 unspecified atom stereocenters. The van der Waals surface area contributed by atoms with Gasteiger partial charge in [-0.05, 0) is 35.4 Å². The quantitative estimate of drug-likeness (QED) is 0.433. The molecule has 0 aromatic heterocycles. The van der Waals surface area contributed by atoms with Crippen LogP contribution in [-0.2, 0) is 11.3 Å². The molecule has 0 radical (unpaired) electrons. The Morgan fingerprint density at radius 1 is 1.03 bits per heavy atom. The Balaban J connectivity index is 1.57. The number of morpholine rings is 1. The third kappa shape index (κ3) is 5.40. The van der Waals surface area contributed by atoms with Gasteiger partial charge in [0.05, 0.1) is 23.0 Å². The molecular weight excluding hydrogens is 405 g/mol. The van der Waals surface area contributed by atoms with E-state index in [4.69, 9.17) is 16.3 Å². The minimum Gasteiger partial charge on any atom is -0.374 e. The summed E-state index contributed by atoms with van der Waals surface area (Å²) in [6.07, 6.45) is -0.0597. The fraction of sp³-hybridized carbons (Fsp3) is 0.250. The smallest absolute Gasteiger partial charge is 0.123 e. The summed E-state index contributed by atoms with van der Waals surface area (Å²) >= 11 is 8.06. The van der Waals surface area contributed by atoms with Gasteiger partial charge in [-0.3, -0.25) is 4.90 Å². The summed E-state index contributed by atoms with van der Waals surface area (Å²) in [5.74, 6) is -0.232. The fourth-order valence-corrected chi connectivity index (χ4v) is 5.10. The van der Waals surface area contributed by atoms with Gasteiger partial charge < -0.3 is 4.74 Å². The molecule has 2 nitrogen and oxygen atoms in total. The summed E-state index contributed by atoms with van der Waals surface area (Å²) in [4.78, 5) is 3.38. The molecule has 3 aromatic rings. The van der Waals surface area contributed by atoms with Crippen LogP contribution >= 0.6 is 23.4 Å². The fourth-order valence-electron chi connectivity index (χ4n) is 3.62. The van der Waals surface area contributed by atoms with Crippen LogP contribution in [0.5, 0.6) is 0 Å². The van der Waals surface area contributed by atoms with Crippen LogP contribution < -0.4 is 0 Å². The minimum atomic E-state index is -0.232. The van der Waals surface area contributed by atoms with E-state index in [0.29, 0.717) is 11.6 Å². The lowest BCUT2D eigenvalue weighted by molar-refractivity contribution is -0.0320. The predicted octanol–water partition coefficient (Wildman–Crippen LogP) is 6.21. The third-order valence-electron chi connectivity index (χ3n) is 5.03. The molecule has 4 rings (SSSR count). The van der Waals surface area contributed by atoms with Crippen molar-refractivity contribution in [2.45, 2.75) is 22.8 Å². The van der Waals surface area contributed by atoms with Gasteiger partial charge in [0.2, 0.25) is 0 Å². The Morgan fingerprint density at radius 3 is 2.62 bits per heavy atom. The highest BCUT2D eigenvalue weighted by molar-refractivity contribution is 7.99. The lowest BCUT2D eigenvalue weighted by Crippen LogP contribution is -2.44. The molecule has 5 heteroatoms. The number of hydrogen-bond acceptors (Lipinski definition) is 3. The Bertz CT molecular complexity index is 939. The van der Waals surface area contributed by atoms with Crippen molar-refractivity contribution < 1.29 is 9.13 Å². The van der Waals surface area contributed by atoms with Crippen molar-refractivity contribution >= 4 is 23.4 Å². The molecule has 1 heterocycles. The van der Waals surface area contributed by atoms with E-state index in [0.717, 1.165) is 30.1 Å². The highest BCUT2D eigenvalue weighted by atomic mass is 35.5. The number of halogens is 2. The Morgan fingerprint density at radius 2 is 1.83 bits per heavy atom. The van der Waals surface area contributed by atoms with Gasteiger partial charge >= 0.3 is 0 Å². The van der Waals surface area contributed by atoms with Crippen LogP contribution in [-0.4, -0.2) is 30.7 Å². The Hall–Kier alpha value is -1.85. The van der Waals surface area contributed by atoms with E-state index in [-0.39, 0.29) is 17.2 Å². The Kier molecular flexibility index (Phi) is 6.88. The average molecular weight is 428 g/mol. The monoisotopic (exact) mass is 427 g/mol. The number of nitrogens with zero attached hydrogens (tertiary/aromatic N) is 1. The Labute approximate surface area is 180 Å². The largest absolute Gasteiger partial charge is 0.374 e. The van der Waals surface area contributed by atoms with Crippen LogP contribution in [0.4, 0.5) is 4.39 Å². The molecule has 0 amide bonds. The molecule has 0 aliphatic carbocycles. The number of thioether (sulfide) groups is 1. The predicted molar refractivity (Wildman–Crippen MR) is 118 cm³/mol. The summed E-state index contributed by atoms with van der Waals surface area (Å²) in [6.45, 7) is 3.21. The van der Waals surface area contributed by atoms with E-state index >= 15 is 0 Å². The first-order valence-corrected chi connectivity index (χ1v) is 11.0. The van der Waals surface area contributed by atoms with Crippen molar-refractivity contribution in [1.82, 2.24) is 4.90 Å². The van der Waals surface area contributed by atoms with Gasteiger partial charge in [-0.2, -0.15) is 0 Å². The molecule has 1 aliphatic heterocycles. The summed E-state index contributed by atoms with van der Waals surface area (Å²) in [7, 11) is 0. The molecule has 1 aliphatic rings. The SMILES string of the molecule is Fc1cccc([C@H](Sc2ccccc2Cl)C2CN(Cc3ccccc3)CCO2)c1. The van der Waals surface area contributed by atoms with Gasteiger partial charge in [-0.1, -0.05) is 66.2 Å². The van der Waals surface area contributed by atoms with Crippen LogP contribution in [0.3, 0.4) is 0 Å². The van der Waals surface area contributed by atoms with Crippen molar-refractivity contribution in [3.05, 3.63) is 101 Å². The topological polar surface area (TPSA) is 12.5 Å². The zero-order chi connectivity index (χ0) is 20.1. The molecule has 0 bridgehead atoms. The highest BCUT2D eigenvalue weighted by Gasteiger charge is 2.31. The average Bonchev–Trinajstić information content (AvgIpc) is 2.74. The van der Waals surface area contributed by atoms with Crippen LogP contribution in [0.1, 0.15) is 16.4 Å². The molecule has 0 saturated carbocycles. The molecule has 0 spiro atoms. The van der Waals surface area contributed by atoms with Gasteiger partial charge in [0.1, 0.15) is 5.82 Å². The molecular formula is C24H23ClFNOS. The lowest BCUT2D eigenvalue weighted by atomic mass is 10.1. The van der Waals surface area contributed by atoms with E-state index < -0.39 is 0 Å². The summed E-state index contributed by atoms with van der Waals surface area (Å²) in [5.41, 5.74) is 2.20. The van der Waals surface area contributed by atoms with Crippen LogP contribution in [0, 0.1) is 5.82 Å². The van der Waals surface area contributed by atoms with Crippen molar-refractivity contribution in [2.24, 2.45) is 0 Å². The van der Waals surface area contributed by atoms with Crippen molar-refractivity contribution in [1.29, 1.82) is 0 Å². The first-order valence-electron chi connectivity index (χ1n) is 9.73. The van der Waals surface area contributed by atoms with Crippen molar-refractivity contribution in [2.75, 3.05) is 19.7 Å². The number of rotatable bonds is 6. The van der Waals surface area contributed by atoms with E-state index in [1.54, 1.807) is 23.9 Å². The lowest BCUT2D eigenvalue weighted by Gasteiger charge is -2.37. The second-order valence-electron chi connectivity index (χ2n) is 7.15. The van der Waals surface area contributed by atoms with E-state index in [2.05, 4.69) is 29.2 Å². The van der Waals surface area contributed by atoms with E-state index in [1.807, 2.05) is 36.4 Å². The zero-order valence-electron chi connectivity index (χ0n) is 16.0. The molecule has 2 atom stereocenters. The summed E-state index contributed by atoms with van der Waals surface area (Å²) in [6, 6.07) is 25.0. The van der Waals surface area contributed by atoms with Crippen LogP contribution in [0.25, 0.3) is 0 Å². The van der Waals surface area contributed by atoms with Crippen molar-refractivity contribution in [3.8, 4) is 0 Å². The van der Waals surface area contributed by atoms with Gasteiger partial charge in [-0.25, -0.2) is 4.39 Å². The maximum atomic E-state index is 14.0. The van der Waals surface area contributed by atoms with Gasteiger partial charge in [0, 0.05) is 24.5 Å². The number of hydrogen-bond donors (Lipinski definition) is 0. The highest BCUT2D eigenvalue weighted by Crippen LogP contribution is 2.42. The number of ether oxygens (including phenoxy) is 1. The maximum absolute atomic E-state index is 14.0. The van der Waals surface area contributed by atoms with Gasteiger partial charge in [-0.15, -0.1) is 11.8 Å². The second kappa shape index (κ2) is 9.77. The molecule has 3 aromatic carbocycles. The zero-order valence-corrected chi connectivity index (χ0v) is 17.6. The normalized spacial score (nSPS) is 18.5.